The summed E-state index contributed by atoms with van der Waals surface area (Å²) in [4.78, 5) is 44.2. The van der Waals surface area contributed by atoms with Crippen LogP contribution in [0.15, 0.2) is 84.2 Å². The van der Waals surface area contributed by atoms with Crippen molar-refractivity contribution < 1.29 is 29.0 Å². The predicted octanol–water partition coefficient (Wildman–Crippen LogP) is 6.03. The Balaban J connectivity index is 1.62. The fourth-order valence-electron chi connectivity index (χ4n) is 6.00. The number of amides is 1. The van der Waals surface area contributed by atoms with Crippen LogP contribution in [0.5, 0.6) is 11.5 Å². The maximum Gasteiger partial charge on any atom is 0.327 e. The lowest BCUT2D eigenvalue weighted by Crippen LogP contribution is -2.43. The Labute approximate surface area is 235 Å². The third-order valence-corrected chi connectivity index (χ3v) is 8.95. The van der Waals surface area contributed by atoms with Crippen LogP contribution in [-0.2, 0) is 4.79 Å². The Bertz CT molecular complexity index is 1610. The van der Waals surface area contributed by atoms with E-state index in [0.29, 0.717) is 28.2 Å². The van der Waals surface area contributed by atoms with Gasteiger partial charge in [0.05, 0.1) is 12.0 Å². The molecule has 2 aliphatic heterocycles. The topological polar surface area (TPSA) is 93.1 Å². The highest BCUT2D eigenvalue weighted by atomic mass is 32.1. The first-order chi connectivity index (χ1) is 19.4. The fourth-order valence-corrected chi connectivity index (χ4v) is 7.11. The number of carbonyl (C=O) groups is 3. The molecule has 0 aliphatic carbocycles. The lowest BCUT2D eigenvalue weighted by Gasteiger charge is -2.30. The molecule has 1 fully saturated rings. The monoisotopic (exact) mass is 553 g/mol. The number of fused-ring (bicyclic) bond motifs is 1. The average Bonchev–Trinajstić information content (AvgIpc) is 3.69. The number of nitrogens with zero attached hydrogens (tertiary/aromatic N) is 1. The lowest BCUT2D eigenvalue weighted by molar-refractivity contribution is -0.142. The minimum Gasteiger partial charge on any atom is -0.480 e. The number of carboxylic acid groups (broad SMARTS) is 1. The van der Waals surface area contributed by atoms with E-state index in [9.17, 15) is 19.5 Å². The van der Waals surface area contributed by atoms with Crippen LogP contribution >= 0.6 is 11.3 Å². The van der Waals surface area contributed by atoms with Crippen molar-refractivity contribution in [2.45, 2.75) is 31.8 Å². The summed E-state index contributed by atoms with van der Waals surface area (Å²) < 4.78 is 11.2. The van der Waals surface area contributed by atoms with Gasteiger partial charge in [0, 0.05) is 21.9 Å². The second-order valence-corrected chi connectivity index (χ2v) is 11.1. The van der Waals surface area contributed by atoms with E-state index in [1.54, 1.807) is 60.7 Å². The van der Waals surface area contributed by atoms with E-state index in [-0.39, 0.29) is 12.6 Å². The van der Waals surface area contributed by atoms with E-state index in [4.69, 9.17) is 9.47 Å². The molecule has 4 unspecified atom stereocenters. The number of hydrogen-bond donors (Lipinski definition) is 1. The number of benzene rings is 3. The van der Waals surface area contributed by atoms with E-state index in [1.165, 1.54) is 16.2 Å². The first-order valence-electron chi connectivity index (χ1n) is 13.0. The minimum atomic E-state index is -1.28. The molecule has 4 aromatic rings. The first-order valence-corrected chi connectivity index (χ1v) is 13.9. The van der Waals surface area contributed by atoms with Crippen LogP contribution in [0.4, 0.5) is 0 Å². The highest BCUT2D eigenvalue weighted by molar-refractivity contribution is 7.10. The van der Waals surface area contributed by atoms with Gasteiger partial charge >= 0.3 is 5.97 Å². The number of ketones is 1. The van der Waals surface area contributed by atoms with Crippen molar-refractivity contribution >= 4 is 29.0 Å². The number of carbonyl (C=O) groups excluding carboxylic acids is 2. The summed E-state index contributed by atoms with van der Waals surface area (Å²) in [5.41, 5.74) is 3.16. The molecule has 2 aliphatic rings. The maximum absolute atomic E-state index is 14.6. The van der Waals surface area contributed by atoms with Gasteiger partial charge in [0.25, 0.3) is 5.91 Å². The molecule has 4 atom stereocenters. The number of aryl methyl sites for hydroxylation is 2. The quantitative estimate of drug-likeness (QED) is 0.293. The van der Waals surface area contributed by atoms with Gasteiger partial charge in [0.2, 0.25) is 6.79 Å². The molecule has 1 amide bonds. The van der Waals surface area contributed by atoms with Crippen LogP contribution in [0.25, 0.3) is 0 Å². The number of likely N-dealkylation sites (tertiary alicyclic amines) is 1. The lowest BCUT2D eigenvalue weighted by atomic mass is 9.77. The Morgan fingerprint density at radius 3 is 2.30 bits per heavy atom. The number of thiophene rings is 1. The normalized spacial score (nSPS) is 21.4. The molecule has 8 heteroatoms. The Kier molecular flexibility index (Phi) is 6.64. The van der Waals surface area contributed by atoms with Crippen LogP contribution in [0.1, 0.15) is 54.2 Å². The molecule has 0 spiro atoms. The van der Waals surface area contributed by atoms with E-state index < -0.39 is 35.8 Å². The maximum atomic E-state index is 14.6. The summed E-state index contributed by atoms with van der Waals surface area (Å²) in [6, 6.07) is 21.0. The van der Waals surface area contributed by atoms with E-state index >= 15 is 0 Å². The number of aliphatic carboxylic acids is 1. The van der Waals surface area contributed by atoms with Crippen molar-refractivity contribution in [2.24, 2.45) is 5.92 Å². The summed E-state index contributed by atoms with van der Waals surface area (Å²) in [5, 5.41) is 12.6. The standard InChI is InChI=1S/C32H27NO6S/c1-18-8-6-7-11-22(18)29(34)25-26(30-19(2)14-15-40-30)28(32(36)37)33(31(35)20-9-4-3-5-10-20)27(25)21-12-13-23-24(16-21)39-17-38-23/h3-16,25-28H,17H2,1-2H3,(H,36,37). The molecule has 1 N–H and O–H groups in total. The molecule has 1 saturated heterocycles. The van der Waals surface area contributed by atoms with Gasteiger partial charge in [-0.15, -0.1) is 11.3 Å². The third-order valence-electron chi connectivity index (χ3n) is 7.83. The van der Waals surface area contributed by atoms with Crippen molar-refractivity contribution in [3.05, 3.63) is 117 Å². The van der Waals surface area contributed by atoms with Crippen molar-refractivity contribution in [3.8, 4) is 11.5 Å². The summed E-state index contributed by atoms with van der Waals surface area (Å²) >= 11 is 1.42. The predicted molar refractivity (Wildman–Crippen MR) is 150 cm³/mol. The van der Waals surface area contributed by atoms with Crippen LogP contribution in [0, 0.1) is 19.8 Å². The van der Waals surface area contributed by atoms with Crippen LogP contribution < -0.4 is 9.47 Å². The average molecular weight is 554 g/mol. The Hall–Kier alpha value is -4.43. The molecule has 40 heavy (non-hydrogen) atoms. The highest BCUT2D eigenvalue weighted by Crippen LogP contribution is 2.54. The molecular weight excluding hydrogens is 526 g/mol. The zero-order valence-corrected chi connectivity index (χ0v) is 22.8. The molecule has 0 saturated carbocycles. The third kappa shape index (κ3) is 4.25. The summed E-state index contributed by atoms with van der Waals surface area (Å²) in [6.45, 7) is 3.85. The van der Waals surface area contributed by atoms with Crippen LogP contribution in [-0.4, -0.2) is 40.5 Å². The van der Waals surface area contributed by atoms with Gasteiger partial charge in [-0.05, 0) is 66.2 Å². The smallest absolute Gasteiger partial charge is 0.327 e. The van der Waals surface area contributed by atoms with Gasteiger partial charge in [0.15, 0.2) is 17.3 Å². The van der Waals surface area contributed by atoms with Gasteiger partial charge in [-0.2, -0.15) is 0 Å². The number of rotatable bonds is 6. The van der Waals surface area contributed by atoms with Crippen molar-refractivity contribution in [2.75, 3.05) is 6.79 Å². The van der Waals surface area contributed by atoms with Crippen LogP contribution in [0.2, 0.25) is 0 Å². The number of ether oxygens (including phenoxy) is 2. The SMILES string of the molecule is Cc1ccccc1C(=O)C1C(c2sccc2C)C(C(=O)O)N(C(=O)c2ccccc2)C1c1ccc2c(c1)OCO2. The molecule has 3 heterocycles. The van der Waals surface area contributed by atoms with Crippen molar-refractivity contribution in [1.29, 1.82) is 0 Å². The summed E-state index contributed by atoms with van der Waals surface area (Å²) in [7, 11) is 0. The molecule has 0 radical (unpaired) electrons. The number of Topliss-reactive ketones (excluding diaryl/α,β-unsaturated/α-hetero) is 1. The highest BCUT2D eigenvalue weighted by Gasteiger charge is 2.58. The fraction of sp³-hybridized carbons (Fsp3) is 0.219. The minimum absolute atomic E-state index is 0.0659. The first kappa shape index (κ1) is 25.8. The van der Waals surface area contributed by atoms with Gasteiger partial charge in [-0.3, -0.25) is 9.59 Å². The van der Waals surface area contributed by atoms with E-state index in [1.807, 2.05) is 37.4 Å². The van der Waals surface area contributed by atoms with Crippen molar-refractivity contribution in [3.63, 3.8) is 0 Å². The zero-order valence-electron chi connectivity index (χ0n) is 21.9. The molecule has 1 aromatic heterocycles. The molecule has 7 nitrogen and oxygen atoms in total. The van der Waals surface area contributed by atoms with Crippen LogP contribution in [0.3, 0.4) is 0 Å². The van der Waals surface area contributed by atoms with E-state index in [0.717, 1.165) is 16.0 Å². The Morgan fingerprint density at radius 1 is 0.875 bits per heavy atom. The summed E-state index contributed by atoms with van der Waals surface area (Å²) in [5.74, 6) is -2.39. The van der Waals surface area contributed by atoms with Crippen molar-refractivity contribution in [1.82, 2.24) is 4.90 Å². The van der Waals surface area contributed by atoms with Gasteiger partial charge < -0.3 is 19.5 Å². The number of hydrogen-bond acceptors (Lipinski definition) is 6. The molecule has 3 aromatic carbocycles. The molecule has 0 bridgehead atoms. The van der Waals surface area contributed by atoms with E-state index in [2.05, 4.69) is 0 Å². The molecule has 202 valence electrons. The zero-order chi connectivity index (χ0) is 28.0. The second-order valence-electron chi connectivity index (χ2n) is 10.1. The van der Waals surface area contributed by atoms with Gasteiger partial charge in [0.1, 0.15) is 6.04 Å². The Morgan fingerprint density at radius 2 is 1.60 bits per heavy atom. The second kappa shape index (κ2) is 10.3. The largest absolute Gasteiger partial charge is 0.480 e. The number of carboxylic acids is 1. The molecular formula is C32H27NO6S. The van der Waals surface area contributed by atoms with Gasteiger partial charge in [-0.1, -0.05) is 48.5 Å². The van der Waals surface area contributed by atoms with Gasteiger partial charge in [-0.25, -0.2) is 4.79 Å². The molecule has 6 rings (SSSR count). The summed E-state index contributed by atoms with van der Waals surface area (Å²) in [6.07, 6.45) is 0.